The zero-order valence-electron chi connectivity index (χ0n) is 12.6. The molecule has 0 amide bonds. The molecule has 0 aliphatic heterocycles. The molecule has 118 valence electrons. The number of ether oxygens (including phenoxy) is 1. The van der Waals surface area contributed by atoms with Crippen LogP contribution in [-0.2, 0) is 6.61 Å². The summed E-state index contributed by atoms with van der Waals surface area (Å²) in [5, 5.41) is 6.15. The van der Waals surface area contributed by atoms with Gasteiger partial charge in [-0.05, 0) is 47.2 Å². The van der Waals surface area contributed by atoms with Gasteiger partial charge in [0.1, 0.15) is 11.6 Å². The molecule has 24 heavy (non-hydrogen) atoms. The van der Waals surface area contributed by atoms with Gasteiger partial charge in [0.15, 0.2) is 6.61 Å². The van der Waals surface area contributed by atoms with Crippen molar-refractivity contribution in [1.29, 1.82) is 0 Å². The standard InChI is InChI=1S/C19H13FN2O2/c20-16-8-5-14(6-9-16)19-21-18(24-22-19)12-23-17-10-7-13-3-1-2-4-15(13)11-17/h1-11H,12H2. The molecule has 0 aliphatic carbocycles. The van der Waals surface area contributed by atoms with Crippen LogP contribution in [0, 0.1) is 5.82 Å². The van der Waals surface area contributed by atoms with E-state index in [9.17, 15) is 4.39 Å². The van der Waals surface area contributed by atoms with Gasteiger partial charge < -0.3 is 9.26 Å². The van der Waals surface area contributed by atoms with E-state index >= 15 is 0 Å². The number of halogens is 1. The number of fused-ring (bicyclic) bond motifs is 1. The van der Waals surface area contributed by atoms with Crippen LogP contribution in [0.5, 0.6) is 5.75 Å². The number of nitrogens with zero attached hydrogens (tertiary/aromatic N) is 2. The molecule has 0 atom stereocenters. The molecule has 0 saturated heterocycles. The van der Waals surface area contributed by atoms with Crippen molar-refractivity contribution < 1.29 is 13.7 Å². The fourth-order valence-electron chi connectivity index (χ4n) is 2.43. The lowest BCUT2D eigenvalue weighted by atomic mass is 10.1. The van der Waals surface area contributed by atoms with E-state index in [0.29, 0.717) is 17.3 Å². The Labute approximate surface area is 137 Å². The maximum absolute atomic E-state index is 12.9. The second kappa shape index (κ2) is 6.12. The Hall–Kier alpha value is -3.21. The average Bonchev–Trinajstić information content (AvgIpc) is 3.09. The second-order valence-electron chi connectivity index (χ2n) is 5.32. The topological polar surface area (TPSA) is 48.2 Å². The van der Waals surface area contributed by atoms with Crippen LogP contribution in [0.15, 0.2) is 71.3 Å². The highest BCUT2D eigenvalue weighted by Crippen LogP contribution is 2.22. The van der Waals surface area contributed by atoms with Crippen molar-refractivity contribution in [3.05, 3.63) is 78.4 Å². The van der Waals surface area contributed by atoms with E-state index in [1.54, 1.807) is 12.1 Å². The van der Waals surface area contributed by atoms with Crippen LogP contribution < -0.4 is 4.74 Å². The van der Waals surface area contributed by atoms with E-state index in [4.69, 9.17) is 9.26 Å². The van der Waals surface area contributed by atoms with Gasteiger partial charge in [-0.15, -0.1) is 0 Å². The van der Waals surface area contributed by atoms with Crippen molar-refractivity contribution >= 4 is 10.8 Å². The first-order chi connectivity index (χ1) is 11.8. The third-order valence-electron chi connectivity index (χ3n) is 3.65. The van der Waals surface area contributed by atoms with E-state index in [1.165, 1.54) is 12.1 Å². The quantitative estimate of drug-likeness (QED) is 0.551. The number of hydrogen-bond donors (Lipinski definition) is 0. The molecule has 3 aromatic carbocycles. The summed E-state index contributed by atoms with van der Waals surface area (Å²) >= 11 is 0. The van der Waals surface area contributed by atoms with Gasteiger partial charge in [0.05, 0.1) is 0 Å². The maximum Gasteiger partial charge on any atom is 0.264 e. The van der Waals surface area contributed by atoms with Crippen molar-refractivity contribution in [1.82, 2.24) is 10.1 Å². The fraction of sp³-hybridized carbons (Fsp3) is 0.0526. The van der Waals surface area contributed by atoms with Gasteiger partial charge in [-0.2, -0.15) is 4.98 Å². The number of hydrogen-bond acceptors (Lipinski definition) is 4. The van der Waals surface area contributed by atoms with Crippen molar-refractivity contribution in [2.75, 3.05) is 0 Å². The molecule has 0 saturated carbocycles. The lowest BCUT2D eigenvalue weighted by molar-refractivity contribution is 0.243. The second-order valence-corrected chi connectivity index (χ2v) is 5.32. The first-order valence-electron chi connectivity index (χ1n) is 7.48. The highest BCUT2D eigenvalue weighted by molar-refractivity contribution is 5.83. The van der Waals surface area contributed by atoms with E-state index in [0.717, 1.165) is 16.5 Å². The summed E-state index contributed by atoms with van der Waals surface area (Å²) in [6, 6.07) is 19.9. The largest absolute Gasteiger partial charge is 0.484 e. The van der Waals surface area contributed by atoms with Crippen molar-refractivity contribution in [2.45, 2.75) is 6.61 Å². The Balaban J connectivity index is 1.48. The maximum atomic E-state index is 12.9. The molecule has 0 N–H and O–H groups in total. The van der Waals surface area contributed by atoms with Crippen molar-refractivity contribution in [2.24, 2.45) is 0 Å². The fourth-order valence-corrected chi connectivity index (χ4v) is 2.43. The van der Waals surface area contributed by atoms with E-state index in [2.05, 4.69) is 10.1 Å². The molecular weight excluding hydrogens is 307 g/mol. The monoisotopic (exact) mass is 320 g/mol. The van der Waals surface area contributed by atoms with Crippen LogP contribution in [-0.4, -0.2) is 10.1 Å². The lowest BCUT2D eigenvalue weighted by Crippen LogP contribution is -1.95. The van der Waals surface area contributed by atoms with Gasteiger partial charge in [0.25, 0.3) is 5.89 Å². The van der Waals surface area contributed by atoms with Crippen LogP contribution in [0.25, 0.3) is 22.2 Å². The highest BCUT2D eigenvalue weighted by Gasteiger charge is 2.09. The molecular formula is C19H13FN2O2. The van der Waals surface area contributed by atoms with Gasteiger partial charge in [-0.25, -0.2) is 4.39 Å². The van der Waals surface area contributed by atoms with E-state index < -0.39 is 0 Å². The van der Waals surface area contributed by atoms with Crippen molar-refractivity contribution in [3.63, 3.8) is 0 Å². The molecule has 0 bridgehead atoms. The molecule has 0 aliphatic rings. The lowest BCUT2D eigenvalue weighted by Gasteiger charge is -2.04. The van der Waals surface area contributed by atoms with Gasteiger partial charge >= 0.3 is 0 Å². The molecule has 4 nitrogen and oxygen atoms in total. The predicted octanol–water partition coefficient (Wildman–Crippen LogP) is 4.61. The number of rotatable bonds is 4. The number of aromatic nitrogens is 2. The molecule has 1 heterocycles. The Morgan fingerprint density at radius 3 is 2.54 bits per heavy atom. The average molecular weight is 320 g/mol. The summed E-state index contributed by atoms with van der Waals surface area (Å²) < 4.78 is 23.8. The Bertz CT molecular complexity index is 980. The first-order valence-corrected chi connectivity index (χ1v) is 7.48. The van der Waals surface area contributed by atoms with Crippen LogP contribution in [0.2, 0.25) is 0 Å². The first kappa shape index (κ1) is 14.4. The van der Waals surface area contributed by atoms with Crippen molar-refractivity contribution in [3.8, 4) is 17.1 Å². The van der Waals surface area contributed by atoms with Crippen LogP contribution in [0.1, 0.15) is 5.89 Å². The zero-order valence-corrected chi connectivity index (χ0v) is 12.6. The van der Waals surface area contributed by atoms with E-state index in [-0.39, 0.29) is 12.4 Å². The zero-order chi connectivity index (χ0) is 16.4. The molecule has 1 aromatic heterocycles. The van der Waals surface area contributed by atoms with Crippen LogP contribution >= 0.6 is 0 Å². The minimum absolute atomic E-state index is 0.173. The summed E-state index contributed by atoms with van der Waals surface area (Å²) in [7, 11) is 0. The van der Waals surface area contributed by atoms with Gasteiger partial charge in [0, 0.05) is 5.56 Å². The molecule has 0 unspecified atom stereocenters. The normalized spacial score (nSPS) is 10.9. The predicted molar refractivity (Wildman–Crippen MR) is 88.0 cm³/mol. The third-order valence-corrected chi connectivity index (χ3v) is 3.65. The minimum atomic E-state index is -0.304. The summed E-state index contributed by atoms with van der Waals surface area (Å²) in [6.45, 7) is 0.173. The third kappa shape index (κ3) is 2.96. The molecule has 4 rings (SSSR count). The smallest absolute Gasteiger partial charge is 0.264 e. The Morgan fingerprint density at radius 2 is 1.71 bits per heavy atom. The van der Waals surface area contributed by atoms with Gasteiger partial charge in [-0.1, -0.05) is 35.5 Å². The summed E-state index contributed by atoms with van der Waals surface area (Å²) in [4.78, 5) is 4.26. The molecule has 0 spiro atoms. The minimum Gasteiger partial charge on any atom is -0.484 e. The van der Waals surface area contributed by atoms with Crippen LogP contribution in [0.4, 0.5) is 4.39 Å². The highest BCUT2D eigenvalue weighted by atomic mass is 19.1. The summed E-state index contributed by atoms with van der Waals surface area (Å²) in [5.41, 5.74) is 0.692. The Morgan fingerprint density at radius 1 is 0.917 bits per heavy atom. The SMILES string of the molecule is Fc1ccc(-c2noc(COc3ccc4ccccc4c3)n2)cc1. The molecule has 4 aromatic rings. The van der Waals surface area contributed by atoms with Gasteiger partial charge in [0.2, 0.25) is 5.82 Å². The summed E-state index contributed by atoms with van der Waals surface area (Å²) in [5.74, 6) is 1.20. The molecule has 0 radical (unpaired) electrons. The Kier molecular flexibility index (Phi) is 3.67. The number of benzene rings is 3. The van der Waals surface area contributed by atoms with E-state index in [1.807, 2.05) is 42.5 Å². The van der Waals surface area contributed by atoms with Crippen LogP contribution in [0.3, 0.4) is 0 Å². The molecule has 0 fully saturated rings. The summed E-state index contributed by atoms with van der Waals surface area (Å²) in [6.07, 6.45) is 0. The molecule has 5 heteroatoms. The van der Waals surface area contributed by atoms with Gasteiger partial charge in [-0.3, -0.25) is 0 Å².